The Morgan fingerprint density at radius 3 is 2.62 bits per heavy atom. The fourth-order valence-electron chi connectivity index (χ4n) is 3.26. The van der Waals surface area contributed by atoms with Crippen molar-refractivity contribution in [2.75, 3.05) is 7.05 Å². The third-order valence-electron chi connectivity index (χ3n) is 4.58. The number of carboxylic acid groups (broad SMARTS) is 1. The summed E-state index contributed by atoms with van der Waals surface area (Å²) in [6, 6.07) is 9.79. The average Bonchev–Trinajstić information content (AvgIpc) is 3.24. The Bertz CT molecular complexity index is 726. The van der Waals surface area contributed by atoms with E-state index in [0.29, 0.717) is 25.8 Å². The van der Waals surface area contributed by atoms with E-state index in [0.717, 1.165) is 11.3 Å². The van der Waals surface area contributed by atoms with Gasteiger partial charge in [-0.2, -0.15) is 5.10 Å². The normalized spacial score (nSPS) is 20.0. The molecule has 1 heterocycles. The molecule has 126 valence electrons. The second-order valence-electron chi connectivity index (χ2n) is 6.37. The minimum absolute atomic E-state index is 0.0196. The standard InChI is InChI=1S/C18H21N3O3/c1-20(17(22)14-7-8-15(9-14)18(23)24)11-13-10-19-21(12-13)16-5-3-2-4-6-16/h2-6,10,12,14-15H,7-9,11H2,1H3,(H,23,24)/t14-,15+/m1/s1. The molecule has 0 bridgehead atoms. The first-order valence-electron chi connectivity index (χ1n) is 8.11. The third kappa shape index (κ3) is 3.48. The van der Waals surface area contributed by atoms with Gasteiger partial charge in [0.05, 0.1) is 17.8 Å². The number of hydrogen-bond acceptors (Lipinski definition) is 3. The van der Waals surface area contributed by atoms with Gasteiger partial charge in [-0.15, -0.1) is 0 Å². The first-order chi connectivity index (χ1) is 11.5. The van der Waals surface area contributed by atoms with Gasteiger partial charge in [-0.25, -0.2) is 4.68 Å². The van der Waals surface area contributed by atoms with Crippen molar-refractivity contribution in [1.82, 2.24) is 14.7 Å². The topological polar surface area (TPSA) is 75.4 Å². The van der Waals surface area contributed by atoms with E-state index in [9.17, 15) is 9.59 Å². The number of rotatable bonds is 5. The molecule has 1 fully saturated rings. The van der Waals surface area contributed by atoms with Crippen molar-refractivity contribution in [1.29, 1.82) is 0 Å². The van der Waals surface area contributed by atoms with Gasteiger partial charge in [0.15, 0.2) is 0 Å². The van der Waals surface area contributed by atoms with E-state index in [4.69, 9.17) is 5.11 Å². The molecular weight excluding hydrogens is 306 g/mol. The van der Waals surface area contributed by atoms with Gasteiger partial charge in [-0.05, 0) is 31.4 Å². The molecule has 0 aliphatic heterocycles. The highest BCUT2D eigenvalue weighted by atomic mass is 16.4. The van der Waals surface area contributed by atoms with Gasteiger partial charge in [0.25, 0.3) is 0 Å². The Hall–Kier alpha value is -2.63. The first kappa shape index (κ1) is 16.2. The Morgan fingerprint density at radius 1 is 1.25 bits per heavy atom. The predicted octanol–water partition coefficient (Wildman–Crippen LogP) is 2.33. The van der Waals surface area contributed by atoms with Crippen LogP contribution in [0.1, 0.15) is 24.8 Å². The summed E-state index contributed by atoms with van der Waals surface area (Å²) in [4.78, 5) is 25.2. The van der Waals surface area contributed by atoms with Crippen LogP contribution in [0.5, 0.6) is 0 Å². The molecule has 1 N–H and O–H groups in total. The van der Waals surface area contributed by atoms with Crippen LogP contribution in [0.2, 0.25) is 0 Å². The second kappa shape index (κ2) is 6.86. The molecule has 1 amide bonds. The predicted molar refractivity (Wildman–Crippen MR) is 88.5 cm³/mol. The molecule has 3 rings (SSSR count). The number of aliphatic carboxylic acids is 1. The van der Waals surface area contributed by atoms with Crippen molar-refractivity contribution in [3.05, 3.63) is 48.3 Å². The van der Waals surface area contributed by atoms with E-state index >= 15 is 0 Å². The largest absolute Gasteiger partial charge is 0.481 e. The number of carbonyl (C=O) groups excluding carboxylic acids is 1. The Morgan fingerprint density at radius 2 is 1.96 bits per heavy atom. The van der Waals surface area contributed by atoms with Crippen LogP contribution in [0.3, 0.4) is 0 Å². The van der Waals surface area contributed by atoms with Gasteiger partial charge >= 0.3 is 5.97 Å². The lowest BCUT2D eigenvalue weighted by molar-refractivity contribution is -0.141. The van der Waals surface area contributed by atoms with E-state index in [1.165, 1.54) is 0 Å². The van der Waals surface area contributed by atoms with Crippen LogP contribution >= 0.6 is 0 Å². The van der Waals surface area contributed by atoms with Gasteiger partial charge in [-0.3, -0.25) is 9.59 Å². The van der Waals surface area contributed by atoms with E-state index in [1.54, 1.807) is 22.8 Å². The number of carboxylic acids is 1. The highest BCUT2D eigenvalue weighted by Crippen LogP contribution is 2.32. The average molecular weight is 327 g/mol. The lowest BCUT2D eigenvalue weighted by atomic mass is 10.0. The molecule has 1 aromatic carbocycles. The highest BCUT2D eigenvalue weighted by Gasteiger charge is 2.35. The fraction of sp³-hybridized carbons (Fsp3) is 0.389. The Labute approximate surface area is 140 Å². The molecule has 1 saturated carbocycles. The van der Waals surface area contributed by atoms with E-state index in [1.807, 2.05) is 36.5 Å². The monoisotopic (exact) mass is 327 g/mol. The number of aromatic nitrogens is 2. The number of nitrogens with zero attached hydrogens (tertiary/aromatic N) is 3. The molecular formula is C18H21N3O3. The zero-order valence-corrected chi connectivity index (χ0v) is 13.6. The van der Waals surface area contributed by atoms with Crippen LogP contribution in [0, 0.1) is 11.8 Å². The van der Waals surface area contributed by atoms with Gasteiger partial charge in [0.1, 0.15) is 0 Å². The summed E-state index contributed by atoms with van der Waals surface area (Å²) < 4.78 is 1.78. The number of carbonyl (C=O) groups is 2. The third-order valence-corrected chi connectivity index (χ3v) is 4.58. The Balaban J connectivity index is 1.61. The summed E-state index contributed by atoms with van der Waals surface area (Å²) in [5, 5.41) is 13.4. The van der Waals surface area contributed by atoms with Crippen molar-refractivity contribution < 1.29 is 14.7 Å². The zero-order chi connectivity index (χ0) is 17.1. The summed E-state index contributed by atoms with van der Waals surface area (Å²) in [6.07, 6.45) is 5.36. The number of benzene rings is 1. The van der Waals surface area contributed by atoms with Gasteiger partial charge in [0.2, 0.25) is 5.91 Å². The molecule has 0 spiro atoms. The number of amides is 1. The van der Waals surface area contributed by atoms with Crippen LogP contribution in [0.15, 0.2) is 42.7 Å². The summed E-state index contributed by atoms with van der Waals surface area (Å²) in [5.74, 6) is -1.34. The number of hydrogen-bond donors (Lipinski definition) is 1. The van der Waals surface area contributed by atoms with Crippen LogP contribution < -0.4 is 0 Å². The van der Waals surface area contributed by atoms with E-state index in [2.05, 4.69) is 5.10 Å². The van der Waals surface area contributed by atoms with E-state index < -0.39 is 5.97 Å². The molecule has 6 nitrogen and oxygen atoms in total. The van der Waals surface area contributed by atoms with Gasteiger partial charge in [-0.1, -0.05) is 18.2 Å². The van der Waals surface area contributed by atoms with Crippen LogP contribution in [-0.4, -0.2) is 38.7 Å². The van der Waals surface area contributed by atoms with Crippen molar-refractivity contribution in [2.24, 2.45) is 11.8 Å². The summed E-state index contributed by atoms with van der Waals surface area (Å²) in [5.41, 5.74) is 1.92. The molecule has 6 heteroatoms. The molecule has 24 heavy (non-hydrogen) atoms. The molecule has 2 atom stereocenters. The SMILES string of the molecule is CN(Cc1cnn(-c2ccccc2)c1)C(=O)[C@@H]1CC[C@H](C(=O)O)C1. The molecule has 0 unspecified atom stereocenters. The number of para-hydroxylation sites is 1. The van der Waals surface area contributed by atoms with Gasteiger partial charge in [0, 0.05) is 31.3 Å². The molecule has 0 radical (unpaired) electrons. The molecule has 0 saturated heterocycles. The lowest BCUT2D eigenvalue weighted by Gasteiger charge is -2.20. The van der Waals surface area contributed by atoms with Crippen LogP contribution in [0.4, 0.5) is 0 Å². The van der Waals surface area contributed by atoms with Crippen molar-refractivity contribution in [3.63, 3.8) is 0 Å². The fourth-order valence-corrected chi connectivity index (χ4v) is 3.26. The Kier molecular flexibility index (Phi) is 4.64. The van der Waals surface area contributed by atoms with Crippen LogP contribution in [-0.2, 0) is 16.1 Å². The minimum Gasteiger partial charge on any atom is -0.481 e. The second-order valence-corrected chi connectivity index (χ2v) is 6.37. The van der Waals surface area contributed by atoms with Crippen molar-refractivity contribution >= 4 is 11.9 Å². The van der Waals surface area contributed by atoms with E-state index in [-0.39, 0.29) is 17.7 Å². The quantitative estimate of drug-likeness (QED) is 0.914. The van der Waals surface area contributed by atoms with Gasteiger partial charge < -0.3 is 10.0 Å². The molecule has 1 aliphatic rings. The maximum Gasteiger partial charge on any atom is 0.306 e. The van der Waals surface area contributed by atoms with Crippen LogP contribution in [0.25, 0.3) is 5.69 Å². The van der Waals surface area contributed by atoms with Crippen molar-refractivity contribution in [2.45, 2.75) is 25.8 Å². The molecule has 1 aromatic heterocycles. The molecule has 1 aliphatic carbocycles. The summed E-state index contributed by atoms with van der Waals surface area (Å²) >= 11 is 0. The zero-order valence-electron chi connectivity index (χ0n) is 13.6. The van der Waals surface area contributed by atoms with Crippen molar-refractivity contribution in [3.8, 4) is 5.69 Å². The summed E-state index contributed by atoms with van der Waals surface area (Å²) in [7, 11) is 1.76. The maximum absolute atomic E-state index is 12.5. The summed E-state index contributed by atoms with van der Waals surface area (Å²) in [6.45, 7) is 0.472. The highest BCUT2D eigenvalue weighted by molar-refractivity contribution is 5.80. The first-order valence-corrected chi connectivity index (χ1v) is 8.11. The lowest BCUT2D eigenvalue weighted by Crippen LogP contribution is -2.31. The smallest absolute Gasteiger partial charge is 0.306 e. The minimum atomic E-state index is -0.794. The molecule has 2 aromatic rings. The maximum atomic E-state index is 12.5.